The number of benzene rings is 1. The summed E-state index contributed by atoms with van der Waals surface area (Å²) in [5.74, 6) is 1.18. The summed E-state index contributed by atoms with van der Waals surface area (Å²) < 4.78 is 10.5. The predicted octanol–water partition coefficient (Wildman–Crippen LogP) is 3.64. The van der Waals surface area contributed by atoms with E-state index < -0.39 is 0 Å². The molecule has 0 atom stereocenters. The Morgan fingerprint density at radius 2 is 1.92 bits per heavy atom. The van der Waals surface area contributed by atoms with Crippen LogP contribution in [0.15, 0.2) is 24.5 Å². The molecule has 1 N–H and O–H groups in total. The zero-order valence-corrected chi connectivity index (χ0v) is 16.1. The number of hydrogen-bond acceptors (Lipinski definition) is 6. The van der Waals surface area contributed by atoms with Gasteiger partial charge in [0, 0.05) is 31.8 Å². The second-order valence-electron chi connectivity index (χ2n) is 5.68. The molecule has 7 nitrogen and oxygen atoms in total. The summed E-state index contributed by atoms with van der Waals surface area (Å²) >= 11 is 6.09. The number of methoxy groups -OCH3 is 2. The fourth-order valence-electron chi connectivity index (χ4n) is 2.33. The van der Waals surface area contributed by atoms with Crippen molar-refractivity contribution in [2.75, 3.05) is 38.0 Å². The molecule has 0 aliphatic heterocycles. The van der Waals surface area contributed by atoms with E-state index in [0.717, 1.165) is 19.4 Å². The normalized spacial score (nSPS) is 10.3. The number of halogens is 1. The maximum atomic E-state index is 12.6. The van der Waals surface area contributed by atoms with E-state index in [1.165, 1.54) is 20.5 Å². The van der Waals surface area contributed by atoms with E-state index in [2.05, 4.69) is 22.2 Å². The van der Waals surface area contributed by atoms with Crippen LogP contribution in [0.2, 0.25) is 5.02 Å². The molecule has 0 aliphatic rings. The lowest BCUT2D eigenvalue weighted by Crippen LogP contribution is -2.21. The van der Waals surface area contributed by atoms with Crippen LogP contribution in [-0.4, -0.2) is 43.7 Å². The van der Waals surface area contributed by atoms with Crippen LogP contribution in [0.5, 0.6) is 11.5 Å². The maximum absolute atomic E-state index is 12.6. The molecular weight excluding hydrogens is 356 g/mol. The quantitative estimate of drug-likeness (QED) is 0.755. The lowest BCUT2D eigenvalue weighted by molar-refractivity contribution is 0.102. The number of rotatable bonds is 8. The summed E-state index contributed by atoms with van der Waals surface area (Å²) in [6.45, 7) is 2.98. The number of ether oxygens (including phenoxy) is 2. The molecule has 0 spiro atoms. The van der Waals surface area contributed by atoms with Crippen LogP contribution in [0.3, 0.4) is 0 Å². The third kappa shape index (κ3) is 4.76. The van der Waals surface area contributed by atoms with Gasteiger partial charge in [-0.05, 0) is 6.42 Å². The van der Waals surface area contributed by atoms with Gasteiger partial charge in [-0.2, -0.15) is 0 Å². The number of anilines is 2. The first-order valence-electron chi connectivity index (χ1n) is 8.26. The average Bonchev–Trinajstić information content (AvgIpc) is 2.66. The molecule has 8 heteroatoms. The molecular formula is C18H23ClN4O3. The van der Waals surface area contributed by atoms with Gasteiger partial charge in [0.15, 0.2) is 0 Å². The molecule has 26 heavy (non-hydrogen) atoms. The second-order valence-corrected chi connectivity index (χ2v) is 6.08. The van der Waals surface area contributed by atoms with Gasteiger partial charge in [-0.3, -0.25) is 4.79 Å². The summed E-state index contributed by atoms with van der Waals surface area (Å²) in [6.07, 6.45) is 3.51. The molecule has 1 amide bonds. The summed E-state index contributed by atoms with van der Waals surface area (Å²) in [5, 5.41) is 3.17. The molecule has 0 aliphatic carbocycles. The van der Waals surface area contributed by atoms with Gasteiger partial charge < -0.3 is 19.7 Å². The van der Waals surface area contributed by atoms with Gasteiger partial charge in [-0.25, -0.2) is 9.97 Å². The highest BCUT2D eigenvalue weighted by molar-refractivity contribution is 6.32. The number of carbonyl (C=O) groups is 1. The first-order chi connectivity index (χ1) is 12.5. The minimum Gasteiger partial charge on any atom is -0.495 e. The van der Waals surface area contributed by atoms with Crippen molar-refractivity contribution >= 4 is 29.0 Å². The molecule has 0 unspecified atom stereocenters. The smallest absolute Gasteiger partial charge is 0.274 e. The fraction of sp³-hybridized carbons (Fsp3) is 0.389. The Kier molecular flexibility index (Phi) is 7.03. The highest BCUT2D eigenvalue weighted by atomic mass is 35.5. The average molecular weight is 379 g/mol. The van der Waals surface area contributed by atoms with Gasteiger partial charge in [0.2, 0.25) is 0 Å². The largest absolute Gasteiger partial charge is 0.495 e. The predicted molar refractivity (Wildman–Crippen MR) is 103 cm³/mol. The molecule has 0 saturated carbocycles. The van der Waals surface area contributed by atoms with Crippen molar-refractivity contribution in [1.29, 1.82) is 0 Å². The standard InChI is InChI=1S/C18H23ClN4O3/c1-5-6-7-23(2)17-10-14(20-11-21-17)18(24)22-13-9-15(25-3)12(19)8-16(13)26-4/h8-11H,5-7H2,1-4H3,(H,22,24). The van der Waals surface area contributed by atoms with Gasteiger partial charge in [0.25, 0.3) is 5.91 Å². The molecule has 140 valence electrons. The van der Waals surface area contributed by atoms with Crippen LogP contribution < -0.4 is 19.7 Å². The third-order valence-corrected chi connectivity index (χ3v) is 4.14. The molecule has 0 bridgehead atoms. The lowest BCUT2D eigenvalue weighted by atomic mass is 10.2. The molecule has 0 saturated heterocycles. The van der Waals surface area contributed by atoms with Gasteiger partial charge in [-0.1, -0.05) is 24.9 Å². The number of amides is 1. The molecule has 2 rings (SSSR count). The van der Waals surface area contributed by atoms with Crippen molar-refractivity contribution in [2.24, 2.45) is 0 Å². The number of nitrogens with zero attached hydrogens (tertiary/aromatic N) is 3. The first-order valence-corrected chi connectivity index (χ1v) is 8.64. The molecule has 1 heterocycles. The number of unbranched alkanes of at least 4 members (excludes halogenated alkanes) is 1. The molecule has 2 aromatic rings. The minimum atomic E-state index is -0.375. The second kappa shape index (κ2) is 9.24. The Hall–Kier alpha value is -2.54. The topological polar surface area (TPSA) is 76.6 Å². The van der Waals surface area contributed by atoms with E-state index >= 15 is 0 Å². The van der Waals surface area contributed by atoms with E-state index in [-0.39, 0.29) is 11.6 Å². The van der Waals surface area contributed by atoms with Gasteiger partial charge in [-0.15, -0.1) is 0 Å². The highest BCUT2D eigenvalue weighted by Gasteiger charge is 2.16. The van der Waals surface area contributed by atoms with E-state index in [1.807, 2.05) is 11.9 Å². The molecule has 0 fully saturated rings. The zero-order valence-electron chi connectivity index (χ0n) is 15.4. The van der Waals surface area contributed by atoms with Crippen LogP contribution in [0.4, 0.5) is 11.5 Å². The fourth-order valence-corrected chi connectivity index (χ4v) is 2.57. The van der Waals surface area contributed by atoms with Crippen molar-refractivity contribution in [2.45, 2.75) is 19.8 Å². The number of hydrogen-bond donors (Lipinski definition) is 1. The third-order valence-electron chi connectivity index (χ3n) is 3.85. The van der Waals surface area contributed by atoms with E-state index in [9.17, 15) is 4.79 Å². The van der Waals surface area contributed by atoms with Crippen LogP contribution in [0, 0.1) is 0 Å². The first kappa shape index (κ1) is 19.8. The van der Waals surface area contributed by atoms with E-state index in [1.54, 1.807) is 18.2 Å². The molecule has 1 aromatic carbocycles. The monoisotopic (exact) mass is 378 g/mol. The highest BCUT2D eigenvalue weighted by Crippen LogP contribution is 2.36. The van der Waals surface area contributed by atoms with Gasteiger partial charge in [0.05, 0.1) is 24.9 Å². The van der Waals surface area contributed by atoms with E-state index in [0.29, 0.717) is 28.0 Å². The van der Waals surface area contributed by atoms with Crippen molar-refractivity contribution in [3.05, 3.63) is 35.2 Å². The molecule has 0 radical (unpaired) electrons. The summed E-state index contributed by atoms with van der Waals surface area (Å²) in [5.41, 5.74) is 0.701. The summed E-state index contributed by atoms with van der Waals surface area (Å²) in [4.78, 5) is 22.9. The number of nitrogens with one attached hydrogen (secondary N) is 1. The summed E-state index contributed by atoms with van der Waals surface area (Å²) in [6, 6.07) is 4.85. The Balaban J connectivity index is 2.22. The molecule has 1 aromatic heterocycles. The number of aromatic nitrogens is 2. The van der Waals surface area contributed by atoms with Crippen molar-refractivity contribution in [3.8, 4) is 11.5 Å². The van der Waals surface area contributed by atoms with Crippen molar-refractivity contribution < 1.29 is 14.3 Å². The van der Waals surface area contributed by atoms with Crippen LogP contribution in [0.25, 0.3) is 0 Å². The summed E-state index contributed by atoms with van der Waals surface area (Å²) in [7, 11) is 4.94. The maximum Gasteiger partial charge on any atom is 0.274 e. The van der Waals surface area contributed by atoms with Crippen LogP contribution in [-0.2, 0) is 0 Å². The van der Waals surface area contributed by atoms with Gasteiger partial charge in [0.1, 0.15) is 29.3 Å². The Labute approximate surface area is 158 Å². The lowest BCUT2D eigenvalue weighted by Gasteiger charge is -2.18. The minimum absolute atomic E-state index is 0.259. The van der Waals surface area contributed by atoms with Crippen molar-refractivity contribution in [3.63, 3.8) is 0 Å². The van der Waals surface area contributed by atoms with E-state index in [4.69, 9.17) is 21.1 Å². The Morgan fingerprint density at radius 3 is 2.58 bits per heavy atom. The van der Waals surface area contributed by atoms with Crippen LogP contribution in [0.1, 0.15) is 30.3 Å². The SMILES string of the molecule is CCCCN(C)c1cc(C(=O)Nc2cc(OC)c(Cl)cc2OC)ncn1. The van der Waals surface area contributed by atoms with Crippen molar-refractivity contribution in [1.82, 2.24) is 9.97 Å². The van der Waals surface area contributed by atoms with Gasteiger partial charge >= 0.3 is 0 Å². The zero-order chi connectivity index (χ0) is 19.1. The Bertz CT molecular complexity index is 770. The number of carbonyl (C=O) groups excluding carboxylic acids is 1. The Morgan fingerprint density at radius 1 is 1.19 bits per heavy atom. The van der Waals surface area contributed by atoms with Crippen LogP contribution >= 0.6 is 11.6 Å².